The first kappa shape index (κ1) is 23.8. The number of carbonyl (C=O) groups is 2. The third kappa shape index (κ3) is 5.40. The van der Waals surface area contributed by atoms with Crippen molar-refractivity contribution in [2.75, 3.05) is 18.4 Å². The lowest BCUT2D eigenvalue weighted by Crippen LogP contribution is -2.48. The van der Waals surface area contributed by atoms with E-state index in [9.17, 15) is 9.59 Å². The van der Waals surface area contributed by atoms with E-state index in [-0.39, 0.29) is 5.91 Å². The summed E-state index contributed by atoms with van der Waals surface area (Å²) in [6.07, 6.45) is 3.93. The summed E-state index contributed by atoms with van der Waals surface area (Å²) in [5, 5.41) is 9.24. The molecule has 2 aromatic carbocycles. The van der Waals surface area contributed by atoms with Gasteiger partial charge in [0.1, 0.15) is 6.10 Å². The van der Waals surface area contributed by atoms with Gasteiger partial charge in [-0.25, -0.2) is 4.79 Å². The molecule has 7 nitrogen and oxygen atoms in total. The average molecular weight is 477 g/mol. The van der Waals surface area contributed by atoms with Gasteiger partial charge in [-0.2, -0.15) is 0 Å². The fourth-order valence-electron chi connectivity index (χ4n) is 4.13. The van der Waals surface area contributed by atoms with Gasteiger partial charge in [0.05, 0.1) is 11.2 Å². The van der Waals surface area contributed by atoms with Crippen molar-refractivity contribution < 1.29 is 14.3 Å². The molecule has 0 spiro atoms. The number of para-hydroxylation sites is 1. The van der Waals surface area contributed by atoms with Crippen molar-refractivity contribution in [3.63, 3.8) is 0 Å². The van der Waals surface area contributed by atoms with Crippen molar-refractivity contribution in [3.8, 4) is 0 Å². The number of pyridine rings is 1. The Morgan fingerprint density at radius 2 is 1.94 bits per heavy atom. The summed E-state index contributed by atoms with van der Waals surface area (Å²) < 4.78 is 5.80. The van der Waals surface area contributed by atoms with Crippen LogP contribution in [0, 0.1) is 0 Å². The highest BCUT2D eigenvalue weighted by Gasteiger charge is 2.38. The fraction of sp³-hybridized carbons (Fsp3) is 0.269. The van der Waals surface area contributed by atoms with Crippen LogP contribution >= 0.6 is 12.6 Å². The van der Waals surface area contributed by atoms with Crippen LogP contribution < -0.4 is 16.0 Å². The topological polar surface area (TPSA) is 92.3 Å². The second kappa shape index (κ2) is 10.7. The minimum Gasteiger partial charge on any atom is -0.441 e. The van der Waals surface area contributed by atoms with Crippen molar-refractivity contribution in [1.29, 1.82) is 0 Å². The first-order valence-electron chi connectivity index (χ1n) is 11.3. The van der Waals surface area contributed by atoms with E-state index in [0.29, 0.717) is 29.1 Å². The zero-order chi connectivity index (χ0) is 24.0. The molecule has 1 aromatic heterocycles. The fourth-order valence-corrected chi connectivity index (χ4v) is 4.34. The third-order valence-electron chi connectivity index (χ3n) is 6.03. The lowest BCUT2D eigenvalue weighted by atomic mass is 9.90. The Labute approximate surface area is 204 Å². The molecule has 1 saturated heterocycles. The number of rotatable bonds is 7. The number of anilines is 1. The molecule has 1 aliphatic heterocycles. The molecule has 34 heavy (non-hydrogen) atoms. The van der Waals surface area contributed by atoms with Gasteiger partial charge in [0, 0.05) is 29.4 Å². The Morgan fingerprint density at radius 1 is 1.15 bits per heavy atom. The Balaban J connectivity index is 1.41. The highest BCUT2D eigenvalue weighted by atomic mass is 32.1. The van der Waals surface area contributed by atoms with Crippen molar-refractivity contribution in [1.82, 2.24) is 15.6 Å². The Morgan fingerprint density at radius 3 is 2.59 bits per heavy atom. The van der Waals surface area contributed by atoms with Crippen LogP contribution in [0.5, 0.6) is 0 Å². The maximum absolute atomic E-state index is 12.9. The summed E-state index contributed by atoms with van der Waals surface area (Å²) in [5.41, 5.74) is 2.38. The molecular formula is C26H28N4O3S. The number of nitrogens with zero attached hydrogens (tertiary/aromatic N) is 1. The summed E-state index contributed by atoms with van der Waals surface area (Å²) in [5.74, 6) is -0.230. The zero-order valence-corrected chi connectivity index (χ0v) is 19.8. The van der Waals surface area contributed by atoms with E-state index in [0.717, 1.165) is 24.1 Å². The van der Waals surface area contributed by atoms with Gasteiger partial charge in [-0.15, -0.1) is 12.6 Å². The van der Waals surface area contributed by atoms with Gasteiger partial charge in [0.2, 0.25) is 0 Å². The highest BCUT2D eigenvalue weighted by Crippen LogP contribution is 2.29. The molecular weight excluding hydrogens is 448 g/mol. The van der Waals surface area contributed by atoms with Crippen LogP contribution in [-0.2, 0) is 10.3 Å². The number of amides is 2. The Hall–Kier alpha value is -3.36. The molecule has 3 N–H and O–H groups in total. The van der Waals surface area contributed by atoms with Crippen LogP contribution in [0.15, 0.2) is 78.0 Å². The van der Waals surface area contributed by atoms with Crippen LogP contribution in [0.25, 0.3) is 0 Å². The van der Waals surface area contributed by atoms with Crippen LogP contribution in [0.2, 0.25) is 0 Å². The van der Waals surface area contributed by atoms with Crippen molar-refractivity contribution in [2.24, 2.45) is 0 Å². The van der Waals surface area contributed by atoms with Gasteiger partial charge in [-0.1, -0.05) is 37.3 Å². The maximum Gasteiger partial charge on any atom is 0.408 e. The molecule has 0 radical (unpaired) electrons. The van der Waals surface area contributed by atoms with Crippen LogP contribution in [0.1, 0.15) is 47.4 Å². The van der Waals surface area contributed by atoms with Gasteiger partial charge in [0.25, 0.3) is 5.91 Å². The molecule has 0 aliphatic carbocycles. The first-order chi connectivity index (χ1) is 16.5. The van der Waals surface area contributed by atoms with Gasteiger partial charge in [-0.3, -0.25) is 9.78 Å². The molecule has 2 atom stereocenters. The standard InChI is InChI=1S/C26H28N4O3S/c1-2-22(33-25(32)30-26(13-15-28-17-26)20-6-5-14-27-16-20)18-9-11-19(12-10-18)24(31)29-21-7-3-4-8-23(21)34/h3-12,14,16,22,28,34H,2,13,15,17H2,1H3,(H,29,31)(H,30,32)/t22-,26-/m0/s1. The first-order valence-corrected chi connectivity index (χ1v) is 11.7. The normalized spacial score (nSPS) is 18.2. The van der Waals surface area contributed by atoms with Gasteiger partial charge in [0.15, 0.2) is 0 Å². The highest BCUT2D eigenvalue weighted by molar-refractivity contribution is 7.80. The lowest BCUT2D eigenvalue weighted by molar-refractivity contribution is 0.0860. The number of thiol groups is 1. The van der Waals surface area contributed by atoms with E-state index in [1.54, 1.807) is 30.6 Å². The number of benzene rings is 2. The predicted octanol–water partition coefficient (Wildman–Crippen LogP) is 4.69. The number of carbonyl (C=O) groups excluding carboxylic acids is 2. The van der Waals surface area contributed by atoms with Crippen molar-refractivity contribution >= 4 is 30.3 Å². The molecule has 0 bridgehead atoms. The molecule has 1 aliphatic rings. The van der Waals surface area contributed by atoms with Gasteiger partial charge >= 0.3 is 6.09 Å². The summed E-state index contributed by atoms with van der Waals surface area (Å²) in [6.45, 7) is 3.37. The number of alkyl carbamates (subject to hydrolysis) is 1. The quantitative estimate of drug-likeness (QED) is 0.372. The van der Waals surface area contributed by atoms with E-state index < -0.39 is 17.7 Å². The van der Waals surface area contributed by atoms with Gasteiger partial charge in [-0.05, 0) is 60.8 Å². The average Bonchev–Trinajstić information content (AvgIpc) is 3.34. The molecule has 0 unspecified atom stereocenters. The summed E-state index contributed by atoms with van der Waals surface area (Å²) in [4.78, 5) is 30.4. The van der Waals surface area contributed by atoms with E-state index in [1.165, 1.54) is 0 Å². The van der Waals surface area contributed by atoms with E-state index in [2.05, 4.69) is 33.6 Å². The largest absolute Gasteiger partial charge is 0.441 e. The van der Waals surface area contributed by atoms with Crippen LogP contribution in [0.3, 0.4) is 0 Å². The minimum atomic E-state index is -0.547. The number of ether oxygens (including phenoxy) is 1. The molecule has 0 saturated carbocycles. The van der Waals surface area contributed by atoms with E-state index in [4.69, 9.17) is 4.74 Å². The molecule has 2 heterocycles. The maximum atomic E-state index is 12.9. The molecule has 8 heteroatoms. The summed E-state index contributed by atoms with van der Waals surface area (Å²) in [6, 6.07) is 18.2. The molecule has 3 aromatic rings. The summed E-state index contributed by atoms with van der Waals surface area (Å²) >= 11 is 4.37. The van der Waals surface area contributed by atoms with Crippen LogP contribution in [0.4, 0.5) is 10.5 Å². The minimum absolute atomic E-state index is 0.230. The Kier molecular flexibility index (Phi) is 7.49. The van der Waals surface area contributed by atoms with E-state index >= 15 is 0 Å². The van der Waals surface area contributed by atoms with Crippen LogP contribution in [-0.4, -0.2) is 30.1 Å². The number of hydrogen-bond donors (Lipinski definition) is 4. The van der Waals surface area contributed by atoms with E-state index in [1.807, 2.05) is 49.4 Å². The van der Waals surface area contributed by atoms with Crippen molar-refractivity contribution in [2.45, 2.75) is 36.3 Å². The number of hydrogen-bond acceptors (Lipinski definition) is 6. The number of aromatic nitrogens is 1. The third-order valence-corrected chi connectivity index (χ3v) is 6.42. The van der Waals surface area contributed by atoms with Crippen molar-refractivity contribution in [3.05, 3.63) is 89.7 Å². The number of nitrogens with one attached hydrogen (secondary N) is 3. The monoisotopic (exact) mass is 476 g/mol. The smallest absolute Gasteiger partial charge is 0.408 e. The SMILES string of the molecule is CC[C@H](OC(=O)N[C@@]1(c2cccnc2)CCNC1)c1ccc(C(=O)Nc2ccccc2S)cc1. The Bertz CT molecular complexity index is 1130. The predicted molar refractivity (Wildman–Crippen MR) is 134 cm³/mol. The molecule has 2 amide bonds. The molecule has 1 fully saturated rings. The summed E-state index contributed by atoms with van der Waals surface area (Å²) in [7, 11) is 0. The second-order valence-corrected chi connectivity index (χ2v) is 8.75. The zero-order valence-electron chi connectivity index (χ0n) is 19.0. The van der Waals surface area contributed by atoms with Gasteiger partial charge < -0.3 is 20.7 Å². The lowest BCUT2D eigenvalue weighted by Gasteiger charge is -2.30. The molecule has 176 valence electrons. The second-order valence-electron chi connectivity index (χ2n) is 8.27. The molecule has 4 rings (SSSR count).